The van der Waals surface area contributed by atoms with E-state index in [0.29, 0.717) is 5.56 Å². The fraction of sp³-hybridized carbons (Fsp3) is 0.533. The fourth-order valence-electron chi connectivity index (χ4n) is 3.00. The van der Waals surface area contributed by atoms with E-state index in [9.17, 15) is 9.90 Å². The summed E-state index contributed by atoms with van der Waals surface area (Å²) in [6.07, 6.45) is 0.751. The van der Waals surface area contributed by atoms with Crippen molar-refractivity contribution in [2.45, 2.75) is 52.6 Å². The van der Waals surface area contributed by atoms with Gasteiger partial charge in [0.1, 0.15) is 16.5 Å². The highest BCUT2D eigenvalue weighted by Crippen LogP contribution is 2.30. The van der Waals surface area contributed by atoms with Gasteiger partial charge in [0.25, 0.3) is 0 Å². The minimum atomic E-state index is -1.50. The first-order valence-corrected chi connectivity index (χ1v) is 14.0. The number of aryl methyl sites for hydroxylation is 1. The number of aromatic carboxylic acids is 1. The Bertz CT molecular complexity index is 488. The summed E-state index contributed by atoms with van der Waals surface area (Å²) >= 11 is 0. The number of hydrogen-bond acceptors (Lipinski definition) is 2. The molecule has 0 spiro atoms. The molecular weight excluding hydrogens is 282 g/mol. The van der Waals surface area contributed by atoms with Gasteiger partial charge in [-0.3, -0.25) is 0 Å². The van der Waals surface area contributed by atoms with Crippen molar-refractivity contribution in [1.29, 1.82) is 0 Å². The fourth-order valence-corrected chi connectivity index (χ4v) is 12.9. The lowest BCUT2D eigenvalue weighted by Crippen LogP contribution is -2.59. The monoisotopic (exact) mass is 309 g/mol. The van der Waals surface area contributed by atoms with E-state index >= 15 is 0 Å². The Balaban J connectivity index is 3.40. The van der Waals surface area contributed by atoms with Crippen molar-refractivity contribution in [2.24, 2.45) is 0 Å². The second-order valence-electron chi connectivity index (χ2n) is 7.18. The normalized spacial score (nSPS) is 12.3. The standard InChI is InChI=1S/C15H27NO2Si2/c1-8-12-11-13(9-10-14(12)15(17)18)16(19(2,3)4)20(5,6)7/h9-11H,8H2,1-7H3,(H,17,18). The van der Waals surface area contributed by atoms with E-state index < -0.39 is 22.4 Å². The highest BCUT2D eigenvalue weighted by atomic mass is 28.4. The summed E-state index contributed by atoms with van der Waals surface area (Å²) in [5.74, 6) is -0.832. The molecule has 112 valence electrons. The Labute approximate surface area is 124 Å². The molecule has 0 bridgehead atoms. The van der Waals surface area contributed by atoms with Crippen molar-refractivity contribution in [3.05, 3.63) is 29.3 Å². The van der Waals surface area contributed by atoms with Crippen molar-refractivity contribution in [3.8, 4) is 0 Å². The van der Waals surface area contributed by atoms with Crippen LogP contribution < -0.4 is 4.23 Å². The van der Waals surface area contributed by atoms with Crippen LogP contribution in [0.5, 0.6) is 0 Å². The molecule has 0 radical (unpaired) electrons. The van der Waals surface area contributed by atoms with Crippen LogP contribution >= 0.6 is 0 Å². The van der Waals surface area contributed by atoms with Crippen molar-refractivity contribution >= 4 is 28.1 Å². The van der Waals surface area contributed by atoms with E-state index in [0.717, 1.165) is 12.0 Å². The molecular formula is C15H27NO2Si2. The van der Waals surface area contributed by atoms with Gasteiger partial charge in [-0.15, -0.1) is 0 Å². The molecule has 0 saturated heterocycles. The van der Waals surface area contributed by atoms with Gasteiger partial charge in [0.2, 0.25) is 0 Å². The maximum absolute atomic E-state index is 11.3. The van der Waals surface area contributed by atoms with Gasteiger partial charge in [0, 0.05) is 5.69 Å². The highest BCUT2D eigenvalue weighted by molar-refractivity contribution is 6.99. The quantitative estimate of drug-likeness (QED) is 0.818. The molecule has 0 fully saturated rings. The van der Waals surface area contributed by atoms with Crippen LogP contribution in [0.2, 0.25) is 39.3 Å². The molecule has 0 atom stereocenters. The van der Waals surface area contributed by atoms with Crippen molar-refractivity contribution in [1.82, 2.24) is 0 Å². The van der Waals surface area contributed by atoms with Gasteiger partial charge in [-0.05, 0) is 30.2 Å². The summed E-state index contributed by atoms with van der Waals surface area (Å²) in [6, 6.07) is 5.84. The summed E-state index contributed by atoms with van der Waals surface area (Å²) in [5.41, 5.74) is 2.56. The minimum Gasteiger partial charge on any atom is -0.478 e. The third-order valence-electron chi connectivity index (χ3n) is 3.30. The molecule has 0 unspecified atom stereocenters. The Kier molecular flexibility index (Phi) is 4.87. The topological polar surface area (TPSA) is 40.5 Å². The van der Waals surface area contributed by atoms with Gasteiger partial charge in [-0.2, -0.15) is 0 Å². The van der Waals surface area contributed by atoms with Gasteiger partial charge in [-0.1, -0.05) is 46.2 Å². The first kappa shape index (κ1) is 17.0. The highest BCUT2D eigenvalue weighted by Gasteiger charge is 2.34. The van der Waals surface area contributed by atoms with Gasteiger partial charge in [-0.25, -0.2) is 4.79 Å². The Morgan fingerprint density at radius 1 is 1.10 bits per heavy atom. The molecule has 0 saturated carbocycles. The predicted octanol–water partition coefficient (Wildman–Crippen LogP) is 4.42. The number of anilines is 1. The van der Waals surface area contributed by atoms with Crippen LogP contribution in [0.4, 0.5) is 5.69 Å². The SMILES string of the molecule is CCc1cc(N([Si](C)(C)C)[Si](C)(C)C)ccc1C(=O)O. The summed E-state index contributed by atoms with van der Waals surface area (Å²) in [6.45, 7) is 16.1. The lowest BCUT2D eigenvalue weighted by Gasteiger charge is -2.46. The first-order valence-electron chi connectivity index (χ1n) is 7.15. The lowest BCUT2D eigenvalue weighted by molar-refractivity contribution is 0.0696. The molecule has 0 aliphatic carbocycles. The van der Waals surface area contributed by atoms with Crippen molar-refractivity contribution < 1.29 is 9.90 Å². The molecule has 1 N–H and O–H groups in total. The van der Waals surface area contributed by atoms with E-state index in [2.05, 4.69) is 49.6 Å². The van der Waals surface area contributed by atoms with Gasteiger partial charge >= 0.3 is 5.97 Å². The van der Waals surface area contributed by atoms with E-state index in [4.69, 9.17) is 0 Å². The number of carboxylic acid groups (broad SMARTS) is 1. The van der Waals surface area contributed by atoms with Crippen molar-refractivity contribution in [3.63, 3.8) is 0 Å². The number of rotatable bonds is 5. The average Bonchev–Trinajstić information content (AvgIpc) is 2.24. The van der Waals surface area contributed by atoms with Crippen LogP contribution in [-0.2, 0) is 6.42 Å². The lowest BCUT2D eigenvalue weighted by atomic mass is 10.0. The molecule has 0 aromatic heterocycles. The smallest absolute Gasteiger partial charge is 0.335 e. The second-order valence-corrected chi connectivity index (χ2v) is 17.2. The number of hydrogen-bond donors (Lipinski definition) is 1. The minimum absolute atomic E-state index is 0.433. The molecule has 1 aromatic rings. The Morgan fingerprint density at radius 2 is 1.60 bits per heavy atom. The molecule has 1 rings (SSSR count). The zero-order chi connectivity index (χ0) is 15.7. The molecule has 0 aliphatic heterocycles. The molecule has 3 nitrogen and oxygen atoms in total. The van der Waals surface area contributed by atoms with Crippen LogP contribution in [0.1, 0.15) is 22.8 Å². The average molecular weight is 310 g/mol. The van der Waals surface area contributed by atoms with E-state index in [1.807, 2.05) is 13.0 Å². The van der Waals surface area contributed by atoms with Crippen LogP contribution in [0.3, 0.4) is 0 Å². The van der Waals surface area contributed by atoms with Crippen LogP contribution in [0.25, 0.3) is 0 Å². The predicted molar refractivity (Wildman–Crippen MR) is 92.0 cm³/mol. The Hall–Kier alpha value is -1.08. The maximum atomic E-state index is 11.3. The Morgan fingerprint density at radius 3 is 1.95 bits per heavy atom. The maximum Gasteiger partial charge on any atom is 0.335 e. The molecule has 0 heterocycles. The summed E-state index contributed by atoms with van der Waals surface area (Å²) in [7, 11) is -2.99. The third-order valence-corrected chi connectivity index (χ3v) is 10.5. The number of benzene rings is 1. The van der Waals surface area contributed by atoms with Crippen LogP contribution in [0.15, 0.2) is 18.2 Å². The van der Waals surface area contributed by atoms with Gasteiger partial charge in [0.15, 0.2) is 0 Å². The van der Waals surface area contributed by atoms with E-state index in [1.165, 1.54) is 5.69 Å². The number of carbonyl (C=O) groups is 1. The summed E-state index contributed by atoms with van der Waals surface area (Å²) in [4.78, 5) is 11.3. The van der Waals surface area contributed by atoms with E-state index in [-0.39, 0.29) is 0 Å². The zero-order valence-corrected chi connectivity index (χ0v) is 15.7. The summed E-state index contributed by atoms with van der Waals surface area (Å²) < 4.78 is 2.62. The molecule has 0 amide bonds. The van der Waals surface area contributed by atoms with Gasteiger partial charge < -0.3 is 9.34 Å². The third kappa shape index (κ3) is 3.73. The summed E-state index contributed by atoms with van der Waals surface area (Å²) in [5, 5.41) is 9.25. The van der Waals surface area contributed by atoms with Crippen molar-refractivity contribution in [2.75, 3.05) is 4.23 Å². The van der Waals surface area contributed by atoms with E-state index in [1.54, 1.807) is 6.07 Å². The zero-order valence-electron chi connectivity index (χ0n) is 13.7. The molecule has 0 aliphatic rings. The number of nitrogens with zero attached hydrogens (tertiary/aromatic N) is 1. The molecule has 1 aromatic carbocycles. The second kappa shape index (κ2) is 5.73. The van der Waals surface area contributed by atoms with Crippen LogP contribution in [0, 0.1) is 0 Å². The molecule has 20 heavy (non-hydrogen) atoms. The first-order chi connectivity index (χ1) is 8.98. The number of carboxylic acids is 1. The largest absolute Gasteiger partial charge is 0.478 e. The van der Waals surface area contributed by atoms with Gasteiger partial charge in [0.05, 0.1) is 5.56 Å². The van der Waals surface area contributed by atoms with Crippen LogP contribution in [-0.4, -0.2) is 27.5 Å². The molecule has 5 heteroatoms.